The maximum absolute atomic E-state index is 5.95. The summed E-state index contributed by atoms with van der Waals surface area (Å²) >= 11 is 0. The van der Waals surface area contributed by atoms with Crippen molar-refractivity contribution in [3.05, 3.63) is 59.7 Å². The highest BCUT2D eigenvalue weighted by Crippen LogP contribution is 2.21. The van der Waals surface area contributed by atoms with E-state index < -0.39 is 8.32 Å². The number of hydrogen-bond acceptors (Lipinski definition) is 4. The van der Waals surface area contributed by atoms with Crippen LogP contribution in [0, 0.1) is 0 Å². The Hall–Kier alpha value is -2.27. The van der Waals surface area contributed by atoms with Gasteiger partial charge in [-0.2, -0.15) is 0 Å². The van der Waals surface area contributed by atoms with Gasteiger partial charge >= 0.3 is 0 Å². The number of oxime groups is 1. The van der Waals surface area contributed by atoms with Crippen LogP contribution >= 0.6 is 0 Å². The van der Waals surface area contributed by atoms with Crippen molar-refractivity contribution in [3.63, 3.8) is 0 Å². The zero-order chi connectivity index (χ0) is 21.4. The van der Waals surface area contributed by atoms with E-state index in [1.807, 2.05) is 0 Å². The lowest BCUT2D eigenvalue weighted by atomic mass is 10.0. The number of nitrogens with zero attached hydrogens (tertiary/aromatic N) is 3. The molecular formula is C24H37N3OSi. The zero-order valence-corrected chi connectivity index (χ0v) is 20.2. The standard InChI is InChI=1S/C24H37N3OSi/c1-8-26(9-2)22-16-12-20(13-17-22)24(25-28-29(5,6)7)21-14-18-23(19-15-21)27(10-3)11-4/h12-19H,8-11H2,1-7H3. The van der Waals surface area contributed by atoms with E-state index in [1.165, 1.54) is 11.4 Å². The number of anilines is 2. The van der Waals surface area contributed by atoms with E-state index in [9.17, 15) is 0 Å². The predicted octanol–water partition coefficient (Wildman–Crippen LogP) is 5.98. The maximum atomic E-state index is 5.95. The summed E-state index contributed by atoms with van der Waals surface area (Å²) in [4.78, 5) is 4.69. The molecule has 4 nitrogen and oxygen atoms in total. The first kappa shape index (κ1) is 23.0. The second-order valence-electron chi connectivity index (χ2n) is 8.08. The van der Waals surface area contributed by atoms with Gasteiger partial charge in [0.1, 0.15) is 5.71 Å². The van der Waals surface area contributed by atoms with Crippen molar-refractivity contribution in [1.82, 2.24) is 0 Å². The van der Waals surface area contributed by atoms with E-state index in [0.717, 1.165) is 43.0 Å². The fourth-order valence-electron chi connectivity index (χ4n) is 3.29. The van der Waals surface area contributed by atoms with Gasteiger partial charge in [0, 0.05) is 48.7 Å². The first-order chi connectivity index (χ1) is 13.8. The molecule has 0 fully saturated rings. The first-order valence-corrected chi connectivity index (χ1v) is 14.2. The van der Waals surface area contributed by atoms with E-state index in [2.05, 4.69) is 111 Å². The van der Waals surface area contributed by atoms with E-state index in [0.29, 0.717) is 0 Å². The lowest BCUT2D eigenvalue weighted by Crippen LogP contribution is -2.24. The van der Waals surface area contributed by atoms with Crippen LogP contribution in [-0.4, -0.2) is 40.2 Å². The van der Waals surface area contributed by atoms with Gasteiger partial charge in [0.05, 0.1) is 0 Å². The third-order valence-electron chi connectivity index (χ3n) is 4.95. The number of rotatable bonds is 10. The Morgan fingerprint density at radius 3 is 1.31 bits per heavy atom. The Morgan fingerprint density at radius 2 is 1.03 bits per heavy atom. The van der Waals surface area contributed by atoms with Crippen molar-refractivity contribution < 1.29 is 4.53 Å². The summed E-state index contributed by atoms with van der Waals surface area (Å²) in [5, 5.41) is 4.62. The molecule has 2 rings (SSSR count). The summed E-state index contributed by atoms with van der Waals surface area (Å²) in [7, 11) is -1.77. The molecule has 0 aliphatic heterocycles. The summed E-state index contributed by atoms with van der Waals surface area (Å²) in [5.74, 6) is 0. The normalized spacial score (nSPS) is 11.1. The Labute approximate surface area is 178 Å². The second-order valence-corrected chi connectivity index (χ2v) is 12.5. The molecule has 0 saturated carbocycles. The summed E-state index contributed by atoms with van der Waals surface area (Å²) in [6.07, 6.45) is 0. The third-order valence-corrected chi connectivity index (χ3v) is 5.59. The van der Waals surface area contributed by atoms with Crippen molar-refractivity contribution in [2.24, 2.45) is 5.16 Å². The van der Waals surface area contributed by atoms with Crippen LogP contribution in [0.2, 0.25) is 19.6 Å². The fraction of sp³-hybridized carbons (Fsp3) is 0.458. The van der Waals surface area contributed by atoms with Crippen molar-refractivity contribution in [2.75, 3.05) is 36.0 Å². The summed E-state index contributed by atoms with van der Waals surface area (Å²) < 4.78 is 5.95. The monoisotopic (exact) mass is 411 g/mol. The third kappa shape index (κ3) is 6.36. The fourth-order valence-corrected chi connectivity index (χ4v) is 3.66. The number of benzene rings is 2. The molecule has 0 N–H and O–H groups in total. The van der Waals surface area contributed by atoms with Crippen molar-refractivity contribution in [1.29, 1.82) is 0 Å². The quantitative estimate of drug-likeness (QED) is 0.273. The Morgan fingerprint density at radius 1 is 0.690 bits per heavy atom. The SMILES string of the molecule is CCN(CC)c1ccc(C(=NO[Si](C)(C)C)c2ccc(N(CC)CC)cc2)cc1. The molecule has 0 radical (unpaired) electrons. The minimum absolute atomic E-state index is 0.893. The van der Waals surface area contributed by atoms with Crippen LogP contribution in [0.15, 0.2) is 53.7 Å². The van der Waals surface area contributed by atoms with Crippen LogP contribution in [0.1, 0.15) is 38.8 Å². The van der Waals surface area contributed by atoms with Crippen molar-refractivity contribution >= 4 is 25.4 Å². The molecule has 5 heteroatoms. The lowest BCUT2D eigenvalue weighted by molar-refractivity contribution is 0.336. The molecule has 0 saturated heterocycles. The Kier molecular flexibility index (Phi) is 8.32. The average Bonchev–Trinajstić information content (AvgIpc) is 2.71. The molecule has 0 aliphatic carbocycles. The van der Waals surface area contributed by atoms with Crippen LogP contribution in [0.5, 0.6) is 0 Å². The molecule has 0 bridgehead atoms. The van der Waals surface area contributed by atoms with Crippen molar-refractivity contribution in [3.8, 4) is 0 Å². The van der Waals surface area contributed by atoms with Gasteiger partial charge in [-0.15, -0.1) is 5.16 Å². The average molecular weight is 412 g/mol. The molecule has 2 aromatic rings. The summed E-state index contributed by atoms with van der Waals surface area (Å²) in [6, 6.07) is 17.3. The van der Waals surface area contributed by atoms with Crippen molar-refractivity contribution in [2.45, 2.75) is 47.3 Å². The summed E-state index contributed by atoms with van der Waals surface area (Å²) in [5.41, 5.74) is 5.52. The molecule has 0 unspecified atom stereocenters. The van der Waals surface area contributed by atoms with E-state index in [4.69, 9.17) is 4.53 Å². The minimum atomic E-state index is -1.77. The topological polar surface area (TPSA) is 28.1 Å². The highest BCUT2D eigenvalue weighted by atomic mass is 28.4. The van der Waals surface area contributed by atoms with Crippen LogP contribution in [0.4, 0.5) is 11.4 Å². The molecule has 0 atom stereocenters. The minimum Gasteiger partial charge on any atom is -0.455 e. The molecule has 0 aliphatic rings. The van der Waals surface area contributed by atoms with Crippen LogP contribution < -0.4 is 9.80 Å². The van der Waals surface area contributed by atoms with E-state index in [-0.39, 0.29) is 0 Å². The maximum Gasteiger partial charge on any atom is 0.278 e. The van der Waals surface area contributed by atoms with Gasteiger partial charge in [0.25, 0.3) is 8.32 Å². The molecule has 0 aromatic heterocycles. The zero-order valence-electron chi connectivity index (χ0n) is 19.2. The molecule has 0 spiro atoms. The van der Waals surface area contributed by atoms with E-state index >= 15 is 0 Å². The number of hydrogen-bond donors (Lipinski definition) is 0. The second kappa shape index (κ2) is 10.5. The van der Waals surface area contributed by atoms with Gasteiger partial charge in [-0.25, -0.2) is 0 Å². The molecule has 29 heavy (non-hydrogen) atoms. The van der Waals surface area contributed by atoms with Gasteiger partial charge in [-0.1, -0.05) is 24.3 Å². The van der Waals surface area contributed by atoms with Gasteiger partial charge in [0.2, 0.25) is 0 Å². The molecule has 2 aromatic carbocycles. The van der Waals surface area contributed by atoms with Crippen LogP contribution in [0.3, 0.4) is 0 Å². The highest BCUT2D eigenvalue weighted by molar-refractivity contribution is 6.69. The van der Waals surface area contributed by atoms with Gasteiger partial charge in [-0.05, 0) is 71.6 Å². The Balaban J connectivity index is 2.40. The Bertz CT molecular complexity index is 714. The first-order valence-electron chi connectivity index (χ1n) is 10.8. The molecule has 158 valence electrons. The highest BCUT2D eigenvalue weighted by Gasteiger charge is 2.18. The van der Waals surface area contributed by atoms with E-state index in [1.54, 1.807) is 0 Å². The smallest absolute Gasteiger partial charge is 0.278 e. The lowest BCUT2D eigenvalue weighted by Gasteiger charge is -2.22. The molecule has 0 amide bonds. The summed E-state index contributed by atoms with van der Waals surface area (Å²) in [6.45, 7) is 19.2. The van der Waals surface area contributed by atoms with Gasteiger partial charge in [0.15, 0.2) is 0 Å². The van der Waals surface area contributed by atoms with Gasteiger partial charge in [-0.3, -0.25) is 0 Å². The molecule has 0 heterocycles. The van der Waals surface area contributed by atoms with Gasteiger partial charge < -0.3 is 14.3 Å². The van der Waals surface area contributed by atoms with Crippen LogP contribution in [-0.2, 0) is 4.53 Å². The predicted molar refractivity (Wildman–Crippen MR) is 130 cm³/mol. The largest absolute Gasteiger partial charge is 0.455 e. The van der Waals surface area contributed by atoms with Crippen LogP contribution in [0.25, 0.3) is 0 Å². The molecular weight excluding hydrogens is 374 g/mol.